The van der Waals surface area contributed by atoms with E-state index in [2.05, 4.69) is 13.8 Å². The van der Waals surface area contributed by atoms with Crippen LogP contribution in [-0.2, 0) is 4.79 Å². The first kappa shape index (κ1) is 30.0. The summed E-state index contributed by atoms with van der Waals surface area (Å²) in [7, 11) is 0. The molecule has 0 N–H and O–H groups in total. The Kier molecular flexibility index (Phi) is 14.5. The lowest BCUT2D eigenvalue weighted by atomic mass is 9.74. The fourth-order valence-electron chi connectivity index (χ4n) is 6.76. The van der Waals surface area contributed by atoms with E-state index in [1.54, 1.807) is 0 Å². The second-order valence-corrected chi connectivity index (χ2v) is 12.1. The monoisotopic (exact) mass is 512 g/mol. The summed E-state index contributed by atoms with van der Waals surface area (Å²) >= 11 is 0. The van der Waals surface area contributed by atoms with E-state index in [0.29, 0.717) is 5.75 Å². The third-order valence-corrected chi connectivity index (χ3v) is 9.17. The second kappa shape index (κ2) is 17.9. The maximum Gasteiger partial charge on any atom is 0.314 e. The number of esters is 1. The minimum absolute atomic E-state index is 0.0481. The first-order valence-electron chi connectivity index (χ1n) is 16.1. The molecule has 2 aliphatic rings. The molecule has 0 heterocycles. The normalized spacial score (nSPS) is 24.1. The van der Waals surface area contributed by atoms with Crippen molar-refractivity contribution in [3.63, 3.8) is 0 Å². The van der Waals surface area contributed by atoms with Crippen LogP contribution >= 0.6 is 0 Å². The van der Waals surface area contributed by atoms with Crippen LogP contribution in [0.3, 0.4) is 0 Å². The van der Waals surface area contributed by atoms with Crippen molar-refractivity contribution in [1.29, 1.82) is 0 Å². The average molecular weight is 513 g/mol. The van der Waals surface area contributed by atoms with E-state index < -0.39 is 0 Å². The topological polar surface area (TPSA) is 35.5 Å². The van der Waals surface area contributed by atoms with Gasteiger partial charge in [0.15, 0.2) is 0 Å². The van der Waals surface area contributed by atoms with Gasteiger partial charge in [0.25, 0.3) is 0 Å². The fourth-order valence-corrected chi connectivity index (χ4v) is 6.76. The van der Waals surface area contributed by atoms with Gasteiger partial charge in [0.05, 0.1) is 12.5 Å². The van der Waals surface area contributed by atoms with Gasteiger partial charge in [-0.3, -0.25) is 4.79 Å². The summed E-state index contributed by atoms with van der Waals surface area (Å²) in [5.41, 5.74) is 0. The van der Waals surface area contributed by atoms with Gasteiger partial charge in [0.2, 0.25) is 0 Å². The first-order valence-corrected chi connectivity index (χ1v) is 16.1. The molecule has 3 heteroatoms. The van der Waals surface area contributed by atoms with Gasteiger partial charge in [-0.05, 0) is 80.5 Å². The van der Waals surface area contributed by atoms with Crippen LogP contribution in [0.1, 0.15) is 142 Å². The predicted octanol–water partition coefficient (Wildman–Crippen LogP) is 10.3. The minimum atomic E-state index is -0.0481. The van der Waals surface area contributed by atoms with E-state index >= 15 is 0 Å². The number of unbranched alkanes of at least 4 members (excludes halogenated alkanes) is 6. The van der Waals surface area contributed by atoms with E-state index in [0.717, 1.165) is 49.4 Å². The molecule has 0 aromatic heterocycles. The Bertz CT molecular complexity index is 719. The maximum absolute atomic E-state index is 12.7. The first-order chi connectivity index (χ1) is 18.2. The Morgan fingerprint density at radius 1 is 0.676 bits per heavy atom. The molecule has 2 atom stereocenters. The molecule has 2 unspecified atom stereocenters. The zero-order chi connectivity index (χ0) is 26.1. The number of benzene rings is 1. The van der Waals surface area contributed by atoms with Crippen LogP contribution < -0.4 is 9.47 Å². The molecular weight excluding hydrogens is 456 g/mol. The van der Waals surface area contributed by atoms with Gasteiger partial charge in [0, 0.05) is 0 Å². The summed E-state index contributed by atoms with van der Waals surface area (Å²) in [6, 6.07) is 7.68. The van der Waals surface area contributed by atoms with Crippen LogP contribution in [0.2, 0.25) is 0 Å². The molecule has 0 amide bonds. The van der Waals surface area contributed by atoms with E-state index in [9.17, 15) is 4.79 Å². The maximum atomic E-state index is 12.7. The number of carbonyl (C=O) groups excluding carboxylic acids is 1. The lowest BCUT2D eigenvalue weighted by Gasteiger charge is -2.31. The summed E-state index contributed by atoms with van der Waals surface area (Å²) in [5, 5.41) is 0. The van der Waals surface area contributed by atoms with Crippen molar-refractivity contribution in [1.82, 2.24) is 0 Å². The fraction of sp³-hybridized carbons (Fsp3) is 0.794. The van der Waals surface area contributed by atoms with Crippen molar-refractivity contribution in [2.75, 3.05) is 6.61 Å². The highest BCUT2D eigenvalue weighted by Gasteiger charge is 2.27. The van der Waals surface area contributed by atoms with Gasteiger partial charge in [-0.2, -0.15) is 0 Å². The molecule has 0 saturated heterocycles. The Hall–Kier alpha value is -1.51. The van der Waals surface area contributed by atoms with Crippen molar-refractivity contribution in [2.24, 2.45) is 23.7 Å². The molecule has 0 aliphatic heterocycles. The van der Waals surface area contributed by atoms with Crippen LogP contribution in [0.4, 0.5) is 0 Å². The van der Waals surface area contributed by atoms with Gasteiger partial charge >= 0.3 is 5.97 Å². The molecule has 3 nitrogen and oxygen atoms in total. The highest BCUT2D eigenvalue weighted by molar-refractivity contribution is 5.75. The molecule has 0 bridgehead atoms. The number of rotatable bonds is 17. The lowest BCUT2D eigenvalue weighted by Crippen LogP contribution is -2.25. The van der Waals surface area contributed by atoms with Crippen LogP contribution in [0, 0.1) is 23.7 Å². The zero-order valence-electron chi connectivity index (χ0n) is 24.2. The third kappa shape index (κ3) is 11.4. The van der Waals surface area contributed by atoms with E-state index in [4.69, 9.17) is 9.47 Å². The highest BCUT2D eigenvalue weighted by atomic mass is 16.5. The molecule has 37 heavy (non-hydrogen) atoms. The van der Waals surface area contributed by atoms with Gasteiger partial charge in [-0.1, -0.05) is 104 Å². The number of hydrogen-bond acceptors (Lipinski definition) is 3. The Morgan fingerprint density at radius 2 is 1.24 bits per heavy atom. The van der Waals surface area contributed by atoms with E-state index in [1.165, 1.54) is 109 Å². The van der Waals surface area contributed by atoms with Crippen LogP contribution in [0.15, 0.2) is 24.3 Å². The van der Waals surface area contributed by atoms with Crippen molar-refractivity contribution in [3.8, 4) is 11.5 Å². The van der Waals surface area contributed by atoms with Gasteiger partial charge in [0.1, 0.15) is 11.5 Å². The van der Waals surface area contributed by atoms with Crippen molar-refractivity contribution >= 4 is 5.97 Å². The standard InChI is InChI=1S/C34H56O3/c1-3-5-7-8-10-15-29-16-11-12-17-30(29)18-13-27-36-32-23-25-33(26-24-32)37-34(35)31-21-19-28(20-22-31)14-9-6-4-2/h23-26,28-31H,3-22,27H2,1-2H3. The van der Waals surface area contributed by atoms with Crippen LogP contribution in [0.5, 0.6) is 11.5 Å². The largest absolute Gasteiger partial charge is 0.494 e. The van der Waals surface area contributed by atoms with E-state index in [1.807, 2.05) is 24.3 Å². The molecule has 3 rings (SSSR count). The summed E-state index contributed by atoms with van der Waals surface area (Å²) in [6.45, 7) is 5.33. The summed E-state index contributed by atoms with van der Waals surface area (Å²) < 4.78 is 11.8. The Balaban J connectivity index is 1.30. The molecule has 2 fully saturated rings. The SMILES string of the molecule is CCCCCCCC1CCCCC1CCCOc1ccc(OC(=O)C2CCC(CCCCC)CC2)cc1. The molecule has 2 saturated carbocycles. The third-order valence-electron chi connectivity index (χ3n) is 9.17. The summed E-state index contributed by atoms with van der Waals surface area (Å²) in [4.78, 5) is 12.7. The molecular formula is C34H56O3. The van der Waals surface area contributed by atoms with Crippen LogP contribution in [0.25, 0.3) is 0 Å². The lowest BCUT2D eigenvalue weighted by molar-refractivity contribution is -0.140. The van der Waals surface area contributed by atoms with Crippen molar-refractivity contribution in [2.45, 2.75) is 142 Å². The molecule has 0 spiro atoms. The summed E-state index contributed by atoms with van der Waals surface area (Å²) in [6.07, 6.45) is 26.2. The van der Waals surface area contributed by atoms with Crippen LogP contribution in [-0.4, -0.2) is 12.6 Å². The van der Waals surface area contributed by atoms with Crippen molar-refractivity contribution in [3.05, 3.63) is 24.3 Å². The second-order valence-electron chi connectivity index (χ2n) is 12.1. The molecule has 1 aromatic carbocycles. The Morgan fingerprint density at radius 3 is 1.92 bits per heavy atom. The van der Waals surface area contributed by atoms with Crippen molar-refractivity contribution < 1.29 is 14.3 Å². The van der Waals surface area contributed by atoms with Gasteiger partial charge in [-0.15, -0.1) is 0 Å². The number of ether oxygens (including phenoxy) is 2. The Labute approximate surface area is 228 Å². The predicted molar refractivity (Wildman–Crippen MR) is 155 cm³/mol. The van der Waals surface area contributed by atoms with Gasteiger partial charge < -0.3 is 9.47 Å². The molecule has 0 radical (unpaired) electrons. The minimum Gasteiger partial charge on any atom is -0.494 e. The highest BCUT2D eigenvalue weighted by Crippen LogP contribution is 2.37. The molecule has 2 aliphatic carbocycles. The molecule has 1 aromatic rings. The quantitative estimate of drug-likeness (QED) is 0.118. The average Bonchev–Trinajstić information content (AvgIpc) is 2.93. The number of hydrogen-bond donors (Lipinski definition) is 0. The smallest absolute Gasteiger partial charge is 0.314 e. The molecule has 210 valence electrons. The van der Waals surface area contributed by atoms with Gasteiger partial charge in [-0.25, -0.2) is 0 Å². The number of carbonyl (C=O) groups is 1. The van der Waals surface area contributed by atoms with E-state index in [-0.39, 0.29) is 11.9 Å². The zero-order valence-corrected chi connectivity index (χ0v) is 24.2. The summed E-state index contributed by atoms with van der Waals surface area (Å²) in [5.74, 6) is 4.20.